The van der Waals surface area contributed by atoms with E-state index in [-0.39, 0.29) is 12.3 Å². The van der Waals surface area contributed by atoms with Gasteiger partial charge in [0.05, 0.1) is 27.4 Å². The van der Waals surface area contributed by atoms with Gasteiger partial charge in [0, 0.05) is 13.1 Å². The molecular formula is C20H23Cl2N3O2S. The molecule has 0 fully saturated rings. The highest BCUT2D eigenvalue weighted by molar-refractivity contribution is 7.88. The highest BCUT2D eigenvalue weighted by atomic mass is 35.5. The van der Waals surface area contributed by atoms with Crippen molar-refractivity contribution >= 4 is 33.2 Å². The topological polar surface area (TPSA) is 64.4 Å². The summed E-state index contributed by atoms with van der Waals surface area (Å²) in [5, 5.41) is 9.87. The molecule has 0 bridgehead atoms. The Balaban J connectivity index is 2.24. The molecule has 2 rings (SSSR count). The molecule has 28 heavy (non-hydrogen) atoms. The third-order valence-electron chi connectivity index (χ3n) is 4.15. The van der Waals surface area contributed by atoms with E-state index < -0.39 is 10.0 Å². The summed E-state index contributed by atoms with van der Waals surface area (Å²) in [7, 11) is 0.309. The molecule has 2 aromatic rings. The van der Waals surface area contributed by atoms with E-state index in [2.05, 4.69) is 0 Å². The van der Waals surface area contributed by atoms with Crippen LogP contribution in [0.1, 0.15) is 23.1 Å². The average molecular weight is 440 g/mol. The summed E-state index contributed by atoms with van der Waals surface area (Å²) in [4.78, 5) is 2.01. The molecule has 0 N–H and O–H groups in total. The van der Waals surface area contributed by atoms with E-state index in [9.17, 15) is 8.42 Å². The minimum atomic E-state index is -3.59. The second-order valence-corrected chi connectivity index (χ2v) is 9.59. The first-order valence-electron chi connectivity index (χ1n) is 8.77. The second kappa shape index (κ2) is 10.2. The summed E-state index contributed by atoms with van der Waals surface area (Å²) in [6, 6.07) is 13.8. The van der Waals surface area contributed by atoms with Crippen LogP contribution in [0.15, 0.2) is 42.5 Å². The molecule has 0 saturated carbocycles. The third-order valence-corrected chi connectivity index (χ3v) is 6.69. The molecule has 0 heterocycles. The highest BCUT2D eigenvalue weighted by Crippen LogP contribution is 2.24. The molecule has 0 aliphatic heterocycles. The van der Waals surface area contributed by atoms with E-state index >= 15 is 0 Å². The third kappa shape index (κ3) is 6.77. The van der Waals surface area contributed by atoms with E-state index in [0.717, 1.165) is 12.1 Å². The monoisotopic (exact) mass is 439 g/mol. The Labute approximate surface area is 177 Å². The molecule has 5 nitrogen and oxygen atoms in total. The molecular weight excluding hydrogens is 417 g/mol. The average Bonchev–Trinajstić information content (AvgIpc) is 2.63. The Bertz CT molecular complexity index is 956. The highest BCUT2D eigenvalue weighted by Gasteiger charge is 2.23. The first-order valence-corrected chi connectivity index (χ1v) is 11.1. The molecule has 0 radical (unpaired) electrons. The van der Waals surface area contributed by atoms with Crippen LogP contribution >= 0.6 is 23.2 Å². The fourth-order valence-electron chi connectivity index (χ4n) is 2.75. The fourth-order valence-corrected chi connectivity index (χ4v) is 4.61. The molecule has 150 valence electrons. The van der Waals surface area contributed by atoms with Gasteiger partial charge in [0.15, 0.2) is 0 Å². The summed E-state index contributed by atoms with van der Waals surface area (Å²) < 4.78 is 27.7. The zero-order chi connectivity index (χ0) is 20.7. The van der Waals surface area contributed by atoms with Crippen molar-refractivity contribution in [3.8, 4) is 6.07 Å². The van der Waals surface area contributed by atoms with Gasteiger partial charge < -0.3 is 4.90 Å². The van der Waals surface area contributed by atoms with Crippen molar-refractivity contribution in [2.24, 2.45) is 0 Å². The Hall–Kier alpha value is -1.62. The van der Waals surface area contributed by atoms with Crippen LogP contribution in [0.4, 0.5) is 0 Å². The van der Waals surface area contributed by atoms with Gasteiger partial charge in [-0.3, -0.25) is 0 Å². The summed E-state index contributed by atoms with van der Waals surface area (Å²) in [5.74, 6) is -0.161. The van der Waals surface area contributed by atoms with Gasteiger partial charge in [0.1, 0.15) is 0 Å². The van der Waals surface area contributed by atoms with Crippen LogP contribution in [0, 0.1) is 11.3 Å². The van der Waals surface area contributed by atoms with Crippen molar-refractivity contribution in [3.63, 3.8) is 0 Å². The lowest BCUT2D eigenvalue weighted by molar-refractivity contribution is 0.346. The maximum atomic E-state index is 13.1. The van der Waals surface area contributed by atoms with Crippen molar-refractivity contribution in [2.45, 2.75) is 18.7 Å². The van der Waals surface area contributed by atoms with Gasteiger partial charge in [-0.25, -0.2) is 8.42 Å². The Morgan fingerprint density at radius 3 is 2.39 bits per heavy atom. The number of nitrogens with zero attached hydrogens (tertiary/aromatic N) is 3. The maximum Gasteiger partial charge on any atom is 0.218 e. The molecule has 0 unspecified atom stereocenters. The van der Waals surface area contributed by atoms with E-state index in [0.29, 0.717) is 34.1 Å². The van der Waals surface area contributed by atoms with Crippen LogP contribution in [0.2, 0.25) is 10.0 Å². The Kier molecular flexibility index (Phi) is 8.29. The molecule has 0 spiro atoms. The Morgan fingerprint density at radius 2 is 1.75 bits per heavy atom. The van der Waals surface area contributed by atoms with Crippen LogP contribution in [0.25, 0.3) is 0 Å². The van der Waals surface area contributed by atoms with Gasteiger partial charge in [0.2, 0.25) is 10.0 Å². The molecule has 0 aromatic heterocycles. The summed E-state index contributed by atoms with van der Waals surface area (Å²) in [6.45, 7) is 1.38. The zero-order valence-electron chi connectivity index (χ0n) is 15.9. The summed E-state index contributed by atoms with van der Waals surface area (Å²) >= 11 is 12.0. The smallest absolute Gasteiger partial charge is 0.218 e. The number of sulfonamides is 1. The second-order valence-electron chi connectivity index (χ2n) is 6.81. The van der Waals surface area contributed by atoms with Crippen LogP contribution in [-0.2, 0) is 22.3 Å². The molecule has 8 heteroatoms. The molecule has 0 aliphatic carbocycles. The largest absolute Gasteiger partial charge is 0.309 e. The minimum absolute atomic E-state index is 0.161. The molecule has 0 saturated heterocycles. The van der Waals surface area contributed by atoms with Crippen molar-refractivity contribution in [1.29, 1.82) is 5.26 Å². The van der Waals surface area contributed by atoms with E-state index in [1.54, 1.807) is 42.5 Å². The van der Waals surface area contributed by atoms with Crippen LogP contribution in [0.3, 0.4) is 0 Å². The minimum Gasteiger partial charge on any atom is -0.309 e. The maximum absolute atomic E-state index is 13.1. The summed E-state index contributed by atoms with van der Waals surface area (Å²) in [6.07, 6.45) is 0.700. The van der Waals surface area contributed by atoms with Crippen molar-refractivity contribution < 1.29 is 8.42 Å². The number of hydrogen-bond donors (Lipinski definition) is 0. The van der Waals surface area contributed by atoms with Crippen molar-refractivity contribution in [1.82, 2.24) is 9.21 Å². The zero-order valence-corrected chi connectivity index (χ0v) is 18.2. The van der Waals surface area contributed by atoms with Gasteiger partial charge in [-0.05, 0) is 62.5 Å². The molecule has 0 aliphatic rings. The van der Waals surface area contributed by atoms with Crippen molar-refractivity contribution in [3.05, 3.63) is 69.2 Å². The van der Waals surface area contributed by atoms with Crippen LogP contribution in [0.5, 0.6) is 0 Å². The normalized spacial score (nSPS) is 11.8. The predicted octanol–water partition coefficient (Wildman–Crippen LogP) is 4.15. The summed E-state index contributed by atoms with van der Waals surface area (Å²) in [5.41, 5.74) is 1.80. The SMILES string of the molecule is CN(C)CCCN(Cc1ccc(Cl)c(Cl)c1)S(=O)(=O)Cc1cccc(C#N)c1. The number of hydrogen-bond acceptors (Lipinski definition) is 4. The van der Waals surface area contributed by atoms with Crippen LogP contribution in [-0.4, -0.2) is 44.8 Å². The van der Waals surface area contributed by atoms with Gasteiger partial charge in [0.25, 0.3) is 0 Å². The van der Waals surface area contributed by atoms with Gasteiger partial charge >= 0.3 is 0 Å². The number of nitriles is 1. The lowest BCUT2D eigenvalue weighted by Gasteiger charge is -2.23. The standard InChI is InChI=1S/C20H23Cl2N3O2S/c1-24(2)9-4-10-25(14-17-7-8-19(21)20(22)12-17)28(26,27)15-18-6-3-5-16(11-18)13-23/h3,5-8,11-12H,4,9-10,14-15H2,1-2H3. The molecule has 2 aromatic carbocycles. The van der Waals surface area contributed by atoms with Crippen LogP contribution < -0.4 is 0 Å². The lowest BCUT2D eigenvalue weighted by atomic mass is 10.2. The number of benzene rings is 2. The first kappa shape index (κ1) is 22.7. The predicted molar refractivity (Wildman–Crippen MR) is 114 cm³/mol. The van der Waals surface area contributed by atoms with E-state index in [1.165, 1.54) is 4.31 Å². The van der Waals surface area contributed by atoms with Crippen molar-refractivity contribution in [2.75, 3.05) is 27.2 Å². The first-order chi connectivity index (χ1) is 13.2. The Morgan fingerprint density at radius 1 is 1.00 bits per heavy atom. The van der Waals surface area contributed by atoms with E-state index in [1.807, 2.05) is 25.1 Å². The molecule has 0 atom stereocenters. The fraction of sp³-hybridized carbons (Fsp3) is 0.350. The van der Waals surface area contributed by atoms with Gasteiger partial charge in [-0.2, -0.15) is 9.57 Å². The quantitative estimate of drug-likeness (QED) is 0.588. The van der Waals surface area contributed by atoms with Gasteiger partial charge in [-0.15, -0.1) is 0 Å². The van der Waals surface area contributed by atoms with E-state index in [4.69, 9.17) is 28.5 Å². The number of halogens is 2. The lowest BCUT2D eigenvalue weighted by Crippen LogP contribution is -2.34. The number of rotatable bonds is 9. The van der Waals surface area contributed by atoms with Gasteiger partial charge in [-0.1, -0.05) is 41.4 Å². The molecule has 0 amide bonds.